The van der Waals surface area contributed by atoms with Crippen LogP contribution >= 0.6 is 0 Å². The zero-order valence-corrected chi connectivity index (χ0v) is 10.5. The number of nitrogens with two attached hydrogens (primary N) is 1. The van der Waals surface area contributed by atoms with Crippen molar-refractivity contribution in [1.29, 1.82) is 0 Å². The van der Waals surface area contributed by atoms with Crippen molar-refractivity contribution in [3.8, 4) is 11.1 Å². The van der Waals surface area contributed by atoms with Gasteiger partial charge in [0.15, 0.2) is 0 Å². The molecule has 19 heavy (non-hydrogen) atoms. The highest BCUT2D eigenvalue weighted by Crippen LogP contribution is 2.21. The first-order valence-corrected chi connectivity index (χ1v) is 6.78. The van der Waals surface area contributed by atoms with E-state index < -0.39 is 16.0 Å². The van der Waals surface area contributed by atoms with Gasteiger partial charge in [0.2, 0.25) is 10.0 Å². The molecule has 0 saturated heterocycles. The Morgan fingerprint density at radius 2 is 2.11 bits per heavy atom. The second-order valence-electron chi connectivity index (χ2n) is 3.89. The molecule has 2 rings (SSSR count). The summed E-state index contributed by atoms with van der Waals surface area (Å²) < 4.78 is 23.7. The summed E-state index contributed by atoms with van der Waals surface area (Å²) in [4.78, 5) is 10.5. The van der Waals surface area contributed by atoms with Gasteiger partial charge in [0.25, 0.3) is 0 Å². The van der Waals surface area contributed by atoms with Crippen LogP contribution in [0, 0.1) is 0 Å². The first-order valence-electron chi connectivity index (χ1n) is 5.24. The van der Waals surface area contributed by atoms with Crippen LogP contribution in [0.1, 0.15) is 0 Å². The number of aromatic nitrogens is 2. The maximum absolute atomic E-state index is 11.2. The highest BCUT2D eigenvalue weighted by molar-refractivity contribution is 7.89. The predicted octanol–water partition coefficient (Wildman–Crippen LogP) is 0.282. The molecule has 2 aromatic rings. The molecule has 100 valence electrons. The van der Waals surface area contributed by atoms with Gasteiger partial charge in [0, 0.05) is 11.8 Å². The Kier molecular flexibility index (Phi) is 3.36. The van der Waals surface area contributed by atoms with E-state index in [1.807, 2.05) is 0 Å². The lowest BCUT2D eigenvalue weighted by molar-refractivity contribution is -0.137. The average molecular weight is 281 g/mol. The van der Waals surface area contributed by atoms with E-state index in [4.69, 9.17) is 10.2 Å². The number of primary sulfonamides is 1. The zero-order valence-electron chi connectivity index (χ0n) is 9.72. The number of nitrogens with zero attached hydrogens (tertiary/aromatic N) is 2. The molecule has 0 aliphatic rings. The minimum Gasteiger partial charge on any atom is -0.480 e. The van der Waals surface area contributed by atoms with Crippen molar-refractivity contribution in [1.82, 2.24) is 9.78 Å². The molecule has 1 aromatic heterocycles. The fourth-order valence-corrected chi connectivity index (χ4v) is 2.15. The number of sulfonamides is 1. The summed E-state index contributed by atoms with van der Waals surface area (Å²) in [6, 6.07) is 6.05. The van der Waals surface area contributed by atoms with E-state index in [0.717, 1.165) is 0 Å². The van der Waals surface area contributed by atoms with Crippen molar-refractivity contribution in [3.63, 3.8) is 0 Å². The number of benzene rings is 1. The van der Waals surface area contributed by atoms with E-state index in [2.05, 4.69) is 5.10 Å². The SMILES string of the molecule is NS(=O)(=O)c1cccc(-c2cnn(CC(=O)O)c2)c1. The van der Waals surface area contributed by atoms with Crippen LogP contribution in [0.3, 0.4) is 0 Å². The van der Waals surface area contributed by atoms with Gasteiger partial charge in [-0.05, 0) is 17.7 Å². The van der Waals surface area contributed by atoms with Crippen LogP contribution in [-0.4, -0.2) is 29.3 Å². The minimum atomic E-state index is -3.77. The maximum atomic E-state index is 11.2. The number of hydrogen-bond donors (Lipinski definition) is 2. The number of hydrogen-bond acceptors (Lipinski definition) is 4. The summed E-state index contributed by atoms with van der Waals surface area (Å²) in [5.41, 5.74) is 1.22. The van der Waals surface area contributed by atoms with E-state index >= 15 is 0 Å². The number of carbonyl (C=O) groups is 1. The molecule has 0 aliphatic carbocycles. The van der Waals surface area contributed by atoms with E-state index in [1.54, 1.807) is 12.1 Å². The van der Waals surface area contributed by atoms with Crippen molar-refractivity contribution in [2.24, 2.45) is 5.14 Å². The second kappa shape index (κ2) is 4.82. The van der Waals surface area contributed by atoms with E-state index in [9.17, 15) is 13.2 Å². The second-order valence-corrected chi connectivity index (χ2v) is 5.45. The highest BCUT2D eigenvalue weighted by Gasteiger charge is 2.10. The van der Waals surface area contributed by atoms with Gasteiger partial charge in [-0.2, -0.15) is 5.10 Å². The van der Waals surface area contributed by atoms with Crippen molar-refractivity contribution in [3.05, 3.63) is 36.7 Å². The fraction of sp³-hybridized carbons (Fsp3) is 0.0909. The summed E-state index contributed by atoms with van der Waals surface area (Å²) in [6.07, 6.45) is 2.99. The average Bonchev–Trinajstić information content (AvgIpc) is 2.76. The summed E-state index contributed by atoms with van der Waals surface area (Å²) in [6.45, 7) is -0.255. The fourth-order valence-electron chi connectivity index (χ4n) is 1.59. The number of aliphatic carboxylic acids is 1. The monoisotopic (exact) mass is 281 g/mol. The smallest absolute Gasteiger partial charge is 0.325 e. The lowest BCUT2D eigenvalue weighted by Gasteiger charge is -2.01. The van der Waals surface area contributed by atoms with Gasteiger partial charge in [-0.15, -0.1) is 0 Å². The third-order valence-corrected chi connectivity index (χ3v) is 3.34. The zero-order chi connectivity index (χ0) is 14.0. The Morgan fingerprint density at radius 1 is 1.37 bits per heavy atom. The summed E-state index contributed by atoms with van der Waals surface area (Å²) in [5, 5.41) is 17.6. The topological polar surface area (TPSA) is 115 Å². The van der Waals surface area contributed by atoms with Crippen LogP contribution in [0.4, 0.5) is 0 Å². The Hall–Kier alpha value is -2.19. The normalized spacial score (nSPS) is 11.4. The Morgan fingerprint density at radius 3 is 2.74 bits per heavy atom. The first kappa shape index (κ1) is 13.2. The number of carboxylic acids is 1. The summed E-state index contributed by atoms with van der Waals surface area (Å²) >= 11 is 0. The van der Waals surface area contributed by atoms with Gasteiger partial charge in [0.1, 0.15) is 6.54 Å². The minimum absolute atomic E-state index is 0.00372. The van der Waals surface area contributed by atoms with E-state index in [1.165, 1.54) is 29.2 Å². The lowest BCUT2D eigenvalue weighted by atomic mass is 10.1. The molecule has 3 N–H and O–H groups in total. The van der Waals surface area contributed by atoms with Gasteiger partial charge in [0.05, 0.1) is 11.1 Å². The molecule has 0 saturated carbocycles. The molecular formula is C11H11N3O4S. The van der Waals surface area contributed by atoms with Crippen molar-refractivity contribution >= 4 is 16.0 Å². The molecule has 0 radical (unpaired) electrons. The molecule has 0 fully saturated rings. The summed E-state index contributed by atoms with van der Waals surface area (Å²) in [7, 11) is -3.77. The van der Waals surface area contributed by atoms with Crippen LogP contribution in [0.15, 0.2) is 41.6 Å². The maximum Gasteiger partial charge on any atom is 0.325 e. The van der Waals surface area contributed by atoms with Crippen molar-refractivity contribution in [2.45, 2.75) is 11.4 Å². The molecule has 1 heterocycles. The molecule has 0 spiro atoms. The molecular weight excluding hydrogens is 270 g/mol. The highest BCUT2D eigenvalue weighted by atomic mass is 32.2. The largest absolute Gasteiger partial charge is 0.480 e. The van der Waals surface area contributed by atoms with Crippen LogP contribution in [-0.2, 0) is 21.4 Å². The third-order valence-electron chi connectivity index (χ3n) is 2.43. The Bertz CT molecular complexity index is 721. The Balaban J connectivity index is 2.37. The molecule has 8 heteroatoms. The van der Waals surface area contributed by atoms with Gasteiger partial charge in [-0.3, -0.25) is 9.48 Å². The van der Waals surface area contributed by atoms with E-state index in [-0.39, 0.29) is 11.4 Å². The van der Waals surface area contributed by atoms with Gasteiger partial charge < -0.3 is 5.11 Å². The van der Waals surface area contributed by atoms with Crippen LogP contribution < -0.4 is 5.14 Å². The van der Waals surface area contributed by atoms with Crippen LogP contribution in [0.5, 0.6) is 0 Å². The molecule has 0 unspecified atom stereocenters. The molecule has 0 amide bonds. The predicted molar refractivity (Wildman–Crippen MR) is 66.7 cm³/mol. The standard InChI is InChI=1S/C11H11N3O4S/c12-19(17,18)10-3-1-2-8(4-10)9-5-13-14(6-9)7-11(15)16/h1-6H,7H2,(H,15,16)(H2,12,17,18). The van der Waals surface area contributed by atoms with E-state index in [0.29, 0.717) is 11.1 Å². The van der Waals surface area contributed by atoms with Gasteiger partial charge in [-0.25, -0.2) is 13.6 Å². The Labute approximate surface area is 109 Å². The first-order chi connectivity index (χ1) is 8.86. The molecule has 7 nitrogen and oxygen atoms in total. The number of carboxylic acid groups (broad SMARTS) is 1. The summed E-state index contributed by atoms with van der Waals surface area (Å²) in [5.74, 6) is -1.01. The van der Waals surface area contributed by atoms with Crippen molar-refractivity contribution < 1.29 is 18.3 Å². The van der Waals surface area contributed by atoms with Gasteiger partial charge in [-0.1, -0.05) is 12.1 Å². The van der Waals surface area contributed by atoms with Gasteiger partial charge >= 0.3 is 5.97 Å². The molecule has 0 bridgehead atoms. The molecule has 1 aromatic carbocycles. The molecule has 0 atom stereocenters. The van der Waals surface area contributed by atoms with Crippen molar-refractivity contribution in [2.75, 3.05) is 0 Å². The van der Waals surface area contributed by atoms with Crippen LogP contribution in [0.25, 0.3) is 11.1 Å². The van der Waals surface area contributed by atoms with Crippen LogP contribution in [0.2, 0.25) is 0 Å². The number of rotatable bonds is 4. The third kappa shape index (κ3) is 3.18. The quantitative estimate of drug-likeness (QED) is 0.835. The lowest BCUT2D eigenvalue weighted by Crippen LogP contribution is -2.11. The molecule has 0 aliphatic heterocycles.